The summed E-state index contributed by atoms with van der Waals surface area (Å²) in [6, 6.07) is 7.76. The summed E-state index contributed by atoms with van der Waals surface area (Å²) < 4.78 is 46.5. The molecule has 2 aromatic carbocycles. The Kier molecular flexibility index (Phi) is 6.99. The zero-order valence-corrected chi connectivity index (χ0v) is 18.4. The molecule has 0 spiro atoms. The van der Waals surface area contributed by atoms with E-state index >= 15 is 0 Å². The first-order chi connectivity index (χ1) is 14.1. The molecule has 9 heteroatoms. The lowest BCUT2D eigenvalue weighted by Crippen LogP contribution is -2.41. The fourth-order valence-corrected chi connectivity index (χ4v) is 4.45. The van der Waals surface area contributed by atoms with E-state index in [4.69, 9.17) is 16.3 Å². The van der Waals surface area contributed by atoms with E-state index in [1.165, 1.54) is 13.2 Å². The molecule has 0 aromatic heterocycles. The van der Waals surface area contributed by atoms with Gasteiger partial charge < -0.3 is 9.84 Å². The molecule has 162 valence electrons. The van der Waals surface area contributed by atoms with E-state index in [1.807, 2.05) is 4.90 Å². The zero-order valence-electron chi connectivity index (χ0n) is 16.0. The van der Waals surface area contributed by atoms with Crippen molar-refractivity contribution < 1.29 is 27.8 Å². The third kappa shape index (κ3) is 4.92. The van der Waals surface area contributed by atoms with Crippen LogP contribution in [-0.4, -0.2) is 36.2 Å². The second-order valence-electron chi connectivity index (χ2n) is 7.20. The molecule has 0 bridgehead atoms. The number of carbonyl (C=O) groups is 1. The van der Waals surface area contributed by atoms with Gasteiger partial charge in [-0.1, -0.05) is 27.5 Å². The van der Waals surface area contributed by atoms with E-state index in [-0.39, 0.29) is 17.1 Å². The number of benzene rings is 2. The van der Waals surface area contributed by atoms with Gasteiger partial charge in [0.15, 0.2) is 0 Å². The lowest BCUT2D eigenvalue weighted by atomic mass is 9.90. The van der Waals surface area contributed by atoms with E-state index in [9.17, 15) is 23.1 Å². The van der Waals surface area contributed by atoms with Gasteiger partial charge in [-0.25, -0.2) is 0 Å². The molecule has 1 N–H and O–H groups in total. The Morgan fingerprint density at radius 1 is 1.27 bits per heavy atom. The summed E-state index contributed by atoms with van der Waals surface area (Å²) in [6.07, 6.45) is -3.40. The lowest BCUT2D eigenvalue weighted by molar-refractivity contribution is -0.143. The van der Waals surface area contributed by atoms with Crippen molar-refractivity contribution in [1.29, 1.82) is 0 Å². The summed E-state index contributed by atoms with van der Waals surface area (Å²) >= 11 is 9.79. The fraction of sp³-hybridized carbons (Fsp3) is 0.381. The number of nitrogens with zero attached hydrogens (tertiary/aromatic N) is 1. The highest BCUT2D eigenvalue weighted by Crippen LogP contribution is 2.43. The van der Waals surface area contributed by atoms with Crippen molar-refractivity contribution in [3.05, 3.63) is 62.6 Å². The van der Waals surface area contributed by atoms with Crippen molar-refractivity contribution in [2.75, 3.05) is 20.2 Å². The van der Waals surface area contributed by atoms with E-state index < -0.39 is 29.7 Å². The second kappa shape index (κ2) is 9.16. The molecule has 1 aliphatic rings. The highest BCUT2D eigenvalue weighted by atomic mass is 79.9. The number of piperidine rings is 1. The van der Waals surface area contributed by atoms with Crippen molar-refractivity contribution in [2.45, 2.75) is 25.1 Å². The lowest BCUT2D eigenvalue weighted by Gasteiger charge is -2.38. The maximum atomic E-state index is 13.4. The maximum absolute atomic E-state index is 13.4. The molecule has 3 rings (SSSR count). The molecule has 1 saturated heterocycles. The summed E-state index contributed by atoms with van der Waals surface area (Å²) in [6.45, 7) is 0.721. The van der Waals surface area contributed by atoms with E-state index in [1.54, 1.807) is 18.2 Å². The number of methoxy groups -OCH3 is 1. The Morgan fingerprint density at radius 2 is 2.00 bits per heavy atom. The molecule has 2 unspecified atom stereocenters. The summed E-state index contributed by atoms with van der Waals surface area (Å²) in [5, 5.41) is 9.67. The molecular formula is C21H20BrClF3NO3. The first-order valence-electron chi connectivity index (χ1n) is 9.28. The van der Waals surface area contributed by atoms with E-state index in [0.717, 1.165) is 16.6 Å². The van der Waals surface area contributed by atoms with Crippen LogP contribution in [0.3, 0.4) is 0 Å². The third-order valence-corrected chi connectivity index (χ3v) is 6.11. The van der Waals surface area contributed by atoms with Gasteiger partial charge >= 0.3 is 12.1 Å². The van der Waals surface area contributed by atoms with Gasteiger partial charge in [0.05, 0.1) is 24.6 Å². The average molecular weight is 507 g/mol. The number of carboxylic acid groups (broad SMARTS) is 1. The number of alkyl halides is 3. The fourth-order valence-electron chi connectivity index (χ4n) is 3.85. The number of hydrogen-bond donors (Lipinski definition) is 1. The first kappa shape index (κ1) is 22.9. The van der Waals surface area contributed by atoms with Crippen LogP contribution >= 0.6 is 27.5 Å². The highest BCUT2D eigenvalue weighted by Gasteiger charge is 2.36. The van der Waals surface area contributed by atoms with Gasteiger partial charge in [0.25, 0.3) is 0 Å². The van der Waals surface area contributed by atoms with Crippen molar-refractivity contribution >= 4 is 33.5 Å². The standard InChI is InChI=1S/C21H20BrClF3NO3/c1-30-18-7-5-14(22)10-16(18)19(27-8-2-3-12(11-27)20(28)29)15-9-13(21(24,25)26)4-6-17(15)23/h4-7,9-10,12,19H,2-3,8,11H2,1H3,(H,28,29). The van der Waals surface area contributed by atoms with Gasteiger partial charge in [0.2, 0.25) is 0 Å². The minimum absolute atomic E-state index is 0.174. The second-order valence-corrected chi connectivity index (χ2v) is 8.52. The van der Waals surface area contributed by atoms with Gasteiger partial charge in [-0.2, -0.15) is 13.2 Å². The molecule has 2 atom stereocenters. The van der Waals surface area contributed by atoms with Crippen molar-refractivity contribution in [3.63, 3.8) is 0 Å². The SMILES string of the molecule is COc1ccc(Br)cc1C(c1cc(C(F)(F)F)ccc1Cl)N1CCCC(C(=O)O)C1. The van der Waals surface area contributed by atoms with Gasteiger partial charge in [-0.3, -0.25) is 9.69 Å². The Hall–Kier alpha value is -1.77. The number of rotatable bonds is 5. The van der Waals surface area contributed by atoms with Crippen LogP contribution in [0.4, 0.5) is 13.2 Å². The predicted octanol–water partition coefficient (Wildman–Crippen LogP) is 6.02. The van der Waals surface area contributed by atoms with Crippen LogP contribution in [0.2, 0.25) is 5.02 Å². The molecule has 1 aliphatic heterocycles. The predicted molar refractivity (Wildman–Crippen MR) is 111 cm³/mol. The summed E-state index contributed by atoms with van der Waals surface area (Å²) in [5.41, 5.74) is 0.0562. The number of carboxylic acids is 1. The molecular weight excluding hydrogens is 487 g/mol. The minimum atomic E-state index is -4.53. The summed E-state index contributed by atoms with van der Waals surface area (Å²) in [4.78, 5) is 13.5. The molecule has 30 heavy (non-hydrogen) atoms. The van der Waals surface area contributed by atoms with Crippen LogP contribution in [0, 0.1) is 5.92 Å². The number of likely N-dealkylation sites (tertiary alicyclic amines) is 1. The molecule has 0 amide bonds. The van der Waals surface area contributed by atoms with E-state index in [0.29, 0.717) is 30.7 Å². The van der Waals surface area contributed by atoms with Gasteiger partial charge in [0.1, 0.15) is 5.75 Å². The number of halogens is 5. The summed E-state index contributed by atoms with van der Waals surface area (Å²) in [5.74, 6) is -1.05. The molecule has 0 aliphatic carbocycles. The number of ether oxygens (including phenoxy) is 1. The van der Waals surface area contributed by atoms with Crippen LogP contribution < -0.4 is 4.74 Å². The van der Waals surface area contributed by atoms with E-state index in [2.05, 4.69) is 15.9 Å². The third-order valence-electron chi connectivity index (χ3n) is 5.27. The molecule has 4 nitrogen and oxygen atoms in total. The molecule has 0 radical (unpaired) electrons. The van der Waals surface area contributed by atoms with Crippen LogP contribution in [0.5, 0.6) is 5.75 Å². The number of aliphatic carboxylic acids is 1. The Bertz CT molecular complexity index is 938. The topological polar surface area (TPSA) is 49.8 Å². The first-order valence-corrected chi connectivity index (χ1v) is 10.5. The molecule has 1 fully saturated rings. The molecule has 0 saturated carbocycles. The maximum Gasteiger partial charge on any atom is 0.416 e. The quantitative estimate of drug-likeness (QED) is 0.539. The molecule has 2 aromatic rings. The zero-order chi connectivity index (χ0) is 22.1. The number of hydrogen-bond acceptors (Lipinski definition) is 3. The normalized spacial score (nSPS) is 18.8. The van der Waals surface area contributed by atoms with Gasteiger partial charge in [-0.15, -0.1) is 0 Å². The monoisotopic (exact) mass is 505 g/mol. The van der Waals surface area contributed by atoms with Crippen LogP contribution in [0.1, 0.15) is 35.6 Å². The van der Waals surface area contributed by atoms with Crippen molar-refractivity contribution in [2.24, 2.45) is 5.92 Å². The van der Waals surface area contributed by atoms with Gasteiger partial charge in [0, 0.05) is 21.6 Å². The van der Waals surface area contributed by atoms with Gasteiger partial charge in [-0.05, 0) is 61.3 Å². The Morgan fingerprint density at radius 3 is 2.63 bits per heavy atom. The Balaban J connectivity index is 2.19. The van der Waals surface area contributed by atoms with Crippen molar-refractivity contribution in [1.82, 2.24) is 4.90 Å². The summed E-state index contributed by atoms with van der Waals surface area (Å²) in [7, 11) is 1.48. The smallest absolute Gasteiger partial charge is 0.416 e. The van der Waals surface area contributed by atoms with Crippen LogP contribution in [-0.2, 0) is 11.0 Å². The highest BCUT2D eigenvalue weighted by molar-refractivity contribution is 9.10. The van der Waals surface area contributed by atoms with Crippen LogP contribution in [0.15, 0.2) is 40.9 Å². The largest absolute Gasteiger partial charge is 0.496 e. The van der Waals surface area contributed by atoms with Crippen molar-refractivity contribution in [3.8, 4) is 5.75 Å². The minimum Gasteiger partial charge on any atom is -0.496 e. The van der Waals surface area contributed by atoms with Crippen LogP contribution in [0.25, 0.3) is 0 Å². The Labute approximate surface area is 185 Å². The average Bonchev–Trinajstić information content (AvgIpc) is 2.69. The molecule has 1 heterocycles.